The Balaban J connectivity index is 1.70. The molecule has 4 rings (SSSR count). The smallest absolute Gasteiger partial charge is 0.407 e. The van der Waals surface area contributed by atoms with Crippen molar-refractivity contribution in [2.75, 3.05) is 17.6 Å². The maximum absolute atomic E-state index is 13.0. The number of carboxylic acid groups (broad SMARTS) is 1. The highest BCUT2D eigenvalue weighted by Crippen LogP contribution is 2.48. The Labute approximate surface area is 252 Å². The quantitative estimate of drug-likeness (QED) is 0.152. The van der Waals surface area contributed by atoms with Crippen LogP contribution in [0.15, 0.2) is 115 Å². The summed E-state index contributed by atoms with van der Waals surface area (Å²) < 4.78 is 5.06. The number of amides is 1. The zero-order valence-corrected chi connectivity index (χ0v) is 25.1. The second-order valence-electron chi connectivity index (χ2n) is 11.0. The number of para-hydroxylation sites is 1. The van der Waals surface area contributed by atoms with Crippen LogP contribution in [0.3, 0.4) is 0 Å². The maximum Gasteiger partial charge on any atom is 0.407 e. The molecule has 0 aliphatic heterocycles. The van der Waals surface area contributed by atoms with E-state index < -0.39 is 22.4 Å². The third-order valence-electron chi connectivity index (χ3n) is 6.66. The van der Waals surface area contributed by atoms with E-state index in [1.165, 1.54) is 0 Å². The van der Waals surface area contributed by atoms with Gasteiger partial charge in [-0.05, 0) is 49.1 Å². The number of carboxylic acids is 1. The van der Waals surface area contributed by atoms with Crippen molar-refractivity contribution in [2.24, 2.45) is 0 Å². The second kappa shape index (κ2) is 14.1. The minimum Gasteiger partial charge on any atom is -0.481 e. The predicted octanol–water partition coefficient (Wildman–Crippen LogP) is 7.34. The number of anilines is 1. The molecule has 42 heavy (non-hydrogen) atoms. The van der Waals surface area contributed by atoms with Gasteiger partial charge in [0.15, 0.2) is 0 Å². The minimum atomic E-state index is -0.901. The van der Waals surface area contributed by atoms with E-state index in [9.17, 15) is 14.7 Å². The van der Waals surface area contributed by atoms with Crippen LogP contribution in [0, 0.1) is 0 Å². The molecule has 0 saturated carbocycles. The van der Waals surface area contributed by atoms with Crippen LogP contribution in [0.1, 0.15) is 43.0 Å². The van der Waals surface area contributed by atoms with Crippen LogP contribution in [0.2, 0.25) is 0 Å². The number of alkyl carbamates (subject to hydrolysis) is 1. The molecule has 0 fully saturated rings. The van der Waals surface area contributed by atoms with Crippen LogP contribution in [0.4, 0.5) is 10.5 Å². The summed E-state index contributed by atoms with van der Waals surface area (Å²) in [6, 6.07) is 38.2. The average Bonchev–Trinajstić information content (AvgIpc) is 2.97. The summed E-state index contributed by atoms with van der Waals surface area (Å²) in [5, 5.41) is 15.9. The van der Waals surface area contributed by atoms with E-state index in [0.717, 1.165) is 22.4 Å². The molecule has 0 spiro atoms. The summed E-state index contributed by atoms with van der Waals surface area (Å²) >= 11 is 1.74. The first-order valence-corrected chi connectivity index (χ1v) is 15.0. The average molecular weight is 583 g/mol. The zero-order chi connectivity index (χ0) is 30.0. The van der Waals surface area contributed by atoms with Gasteiger partial charge in [-0.2, -0.15) is 0 Å². The summed E-state index contributed by atoms with van der Waals surface area (Å²) in [4.78, 5) is 24.4. The van der Waals surface area contributed by atoms with Gasteiger partial charge in [0.25, 0.3) is 0 Å². The molecule has 0 aliphatic rings. The van der Waals surface area contributed by atoms with Gasteiger partial charge < -0.3 is 20.5 Å². The highest BCUT2D eigenvalue weighted by atomic mass is 32.2. The fourth-order valence-corrected chi connectivity index (χ4v) is 6.42. The van der Waals surface area contributed by atoms with E-state index >= 15 is 0 Å². The van der Waals surface area contributed by atoms with Crippen molar-refractivity contribution in [1.82, 2.24) is 5.32 Å². The fraction of sp³-hybridized carbons (Fsp3) is 0.257. The molecule has 0 aromatic heterocycles. The molecule has 0 saturated heterocycles. The second-order valence-corrected chi connectivity index (χ2v) is 12.3. The van der Waals surface area contributed by atoms with Crippen molar-refractivity contribution in [3.63, 3.8) is 0 Å². The van der Waals surface area contributed by atoms with Crippen LogP contribution in [0.25, 0.3) is 0 Å². The van der Waals surface area contributed by atoms with Crippen molar-refractivity contribution in [2.45, 2.75) is 43.6 Å². The number of aliphatic carboxylic acids is 1. The monoisotopic (exact) mass is 582 g/mol. The molecule has 0 radical (unpaired) electrons. The number of nitrogens with one attached hydrogen (secondary N) is 2. The standard InChI is InChI=1S/C35H38N2O4S/c1-34(2,3)41-33(40)37-30(24-36-31-22-14-13-15-26(31)23-32(38)39)25-42-35(27-16-7-4-8-17-27,28-18-9-5-10-19-28)29-20-11-6-12-21-29/h4-22,30,36H,23-25H2,1-3H3,(H,37,40)(H,38,39). The molecule has 1 unspecified atom stereocenters. The van der Waals surface area contributed by atoms with Gasteiger partial charge in [0.1, 0.15) is 5.60 Å². The number of carbonyl (C=O) groups excluding carboxylic acids is 1. The molecular formula is C35H38N2O4S. The van der Waals surface area contributed by atoms with E-state index in [1.54, 1.807) is 17.8 Å². The topological polar surface area (TPSA) is 87.7 Å². The van der Waals surface area contributed by atoms with Crippen molar-refractivity contribution in [3.05, 3.63) is 138 Å². The van der Waals surface area contributed by atoms with E-state index in [1.807, 2.05) is 93.6 Å². The lowest BCUT2D eigenvalue weighted by atomic mass is 9.84. The van der Waals surface area contributed by atoms with E-state index in [-0.39, 0.29) is 12.5 Å². The number of hydrogen-bond donors (Lipinski definition) is 3. The maximum atomic E-state index is 13.0. The Morgan fingerprint density at radius 3 is 1.71 bits per heavy atom. The van der Waals surface area contributed by atoms with Crippen LogP contribution in [0.5, 0.6) is 0 Å². The van der Waals surface area contributed by atoms with Gasteiger partial charge in [0, 0.05) is 18.0 Å². The highest BCUT2D eigenvalue weighted by molar-refractivity contribution is 8.00. The summed E-state index contributed by atoms with van der Waals surface area (Å²) in [6.45, 7) is 5.88. The molecule has 0 heterocycles. The first-order chi connectivity index (χ1) is 20.2. The molecule has 6 nitrogen and oxygen atoms in total. The lowest BCUT2D eigenvalue weighted by Gasteiger charge is -2.37. The Bertz CT molecular complexity index is 1340. The van der Waals surface area contributed by atoms with E-state index in [0.29, 0.717) is 17.9 Å². The summed E-state index contributed by atoms with van der Waals surface area (Å²) in [6.07, 6.45) is -0.597. The predicted molar refractivity (Wildman–Crippen MR) is 171 cm³/mol. The van der Waals surface area contributed by atoms with Gasteiger partial charge in [-0.15, -0.1) is 11.8 Å². The number of thioether (sulfide) groups is 1. The van der Waals surface area contributed by atoms with Crippen LogP contribution < -0.4 is 10.6 Å². The van der Waals surface area contributed by atoms with Gasteiger partial charge >= 0.3 is 12.1 Å². The molecular weight excluding hydrogens is 544 g/mol. The Kier molecular flexibility index (Phi) is 10.3. The molecule has 4 aromatic rings. The van der Waals surface area contributed by atoms with Crippen LogP contribution in [-0.4, -0.2) is 41.1 Å². The Hall–Kier alpha value is -4.23. The van der Waals surface area contributed by atoms with Gasteiger partial charge in [-0.1, -0.05) is 109 Å². The highest BCUT2D eigenvalue weighted by Gasteiger charge is 2.37. The lowest BCUT2D eigenvalue weighted by molar-refractivity contribution is -0.136. The van der Waals surface area contributed by atoms with Crippen molar-refractivity contribution in [3.8, 4) is 0 Å². The molecule has 1 amide bonds. The molecule has 7 heteroatoms. The molecule has 218 valence electrons. The lowest BCUT2D eigenvalue weighted by Crippen LogP contribution is -2.45. The third-order valence-corrected chi connectivity index (χ3v) is 8.37. The Morgan fingerprint density at radius 1 is 0.762 bits per heavy atom. The van der Waals surface area contributed by atoms with Crippen molar-refractivity contribution >= 4 is 29.5 Å². The van der Waals surface area contributed by atoms with Gasteiger partial charge in [-0.25, -0.2) is 4.79 Å². The number of carbonyl (C=O) groups is 2. The normalized spacial score (nSPS) is 12.3. The van der Waals surface area contributed by atoms with Gasteiger partial charge in [0.05, 0.1) is 17.2 Å². The first kappa shape index (κ1) is 30.7. The van der Waals surface area contributed by atoms with Crippen molar-refractivity contribution < 1.29 is 19.4 Å². The third kappa shape index (κ3) is 8.17. The van der Waals surface area contributed by atoms with Gasteiger partial charge in [0.2, 0.25) is 0 Å². The molecule has 0 aliphatic carbocycles. The van der Waals surface area contributed by atoms with Crippen molar-refractivity contribution in [1.29, 1.82) is 0 Å². The number of hydrogen-bond acceptors (Lipinski definition) is 5. The Morgan fingerprint density at radius 2 is 1.24 bits per heavy atom. The van der Waals surface area contributed by atoms with Crippen LogP contribution >= 0.6 is 11.8 Å². The number of rotatable bonds is 12. The van der Waals surface area contributed by atoms with Gasteiger partial charge in [-0.3, -0.25) is 4.79 Å². The van der Waals surface area contributed by atoms with E-state index in [2.05, 4.69) is 47.0 Å². The molecule has 0 bridgehead atoms. The molecule has 3 N–H and O–H groups in total. The largest absolute Gasteiger partial charge is 0.481 e. The zero-order valence-electron chi connectivity index (χ0n) is 24.2. The van der Waals surface area contributed by atoms with Crippen LogP contribution in [-0.2, 0) is 20.7 Å². The molecule has 4 aromatic carbocycles. The first-order valence-electron chi connectivity index (χ1n) is 14.0. The number of ether oxygens (including phenoxy) is 1. The summed E-state index contributed by atoms with van der Waals surface area (Å²) in [5.41, 5.74) is 4.14. The number of benzene rings is 4. The summed E-state index contributed by atoms with van der Waals surface area (Å²) in [7, 11) is 0. The van der Waals surface area contributed by atoms with E-state index in [4.69, 9.17) is 4.74 Å². The summed E-state index contributed by atoms with van der Waals surface area (Å²) in [5.74, 6) is -0.368. The SMILES string of the molecule is CC(C)(C)OC(=O)NC(CNc1ccccc1CC(=O)O)CSC(c1ccccc1)(c1ccccc1)c1ccccc1. The fourth-order valence-electron chi connectivity index (χ4n) is 4.86. The molecule has 1 atom stereocenters. The minimum absolute atomic E-state index is 0.0960.